The highest BCUT2D eigenvalue weighted by molar-refractivity contribution is 5.92. The van der Waals surface area contributed by atoms with E-state index in [1.165, 1.54) is 0 Å². The Bertz CT molecular complexity index is 490. The Morgan fingerprint density at radius 3 is 1.88 bits per heavy atom. The molecule has 0 spiro atoms. The first-order chi connectivity index (χ1) is 11.2. The number of ether oxygens (including phenoxy) is 2. The van der Waals surface area contributed by atoms with E-state index in [0.29, 0.717) is 12.1 Å². The van der Waals surface area contributed by atoms with Crippen LogP contribution in [0.1, 0.15) is 61.8 Å². The maximum Gasteiger partial charge on any atom is 0.429 e. The lowest BCUT2D eigenvalue weighted by Gasteiger charge is -2.33. The van der Waals surface area contributed by atoms with E-state index >= 15 is 0 Å². The minimum atomic E-state index is -0.731. The van der Waals surface area contributed by atoms with E-state index in [9.17, 15) is 9.59 Å². The molecule has 0 aliphatic rings. The van der Waals surface area contributed by atoms with Crippen molar-refractivity contribution in [2.45, 2.75) is 79.1 Å². The Hall–Kier alpha value is -1.99. The predicted molar refractivity (Wildman–Crippen MR) is 98.3 cm³/mol. The molecular formula is C17H34N4O4. The van der Waals surface area contributed by atoms with Crippen molar-refractivity contribution in [2.75, 3.05) is 14.1 Å². The lowest BCUT2D eigenvalue weighted by molar-refractivity contribution is -0.00205. The van der Waals surface area contributed by atoms with Gasteiger partial charge in [0.15, 0.2) is 0 Å². The number of nitrogens with one attached hydrogen (secondary N) is 1. The standard InChI is InChI=1S/C17H34N4O4/c1-11-13(18-20(9)10)12(2)21(15(23)25-17(6,7)8)19-14(22)24-16(3,4)5/h12H,11H2,1-10H3,(H,19,22)/b18-13+. The molecule has 0 aromatic rings. The zero-order chi connectivity index (χ0) is 20.0. The van der Waals surface area contributed by atoms with Crippen LogP contribution in [0.25, 0.3) is 0 Å². The molecule has 0 aliphatic heterocycles. The zero-order valence-electron chi connectivity index (χ0n) is 17.3. The van der Waals surface area contributed by atoms with Gasteiger partial charge in [0, 0.05) is 14.1 Å². The van der Waals surface area contributed by atoms with Gasteiger partial charge in [0.05, 0.1) is 11.8 Å². The number of carbonyl (C=O) groups is 2. The average molecular weight is 358 g/mol. The summed E-state index contributed by atoms with van der Waals surface area (Å²) in [6, 6.07) is -0.505. The third-order valence-corrected chi connectivity index (χ3v) is 2.76. The van der Waals surface area contributed by atoms with Crippen LogP contribution in [0, 0.1) is 0 Å². The summed E-state index contributed by atoms with van der Waals surface area (Å²) in [5, 5.41) is 7.15. The van der Waals surface area contributed by atoms with Gasteiger partial charge in [0.25, 0.3) is 0 Å². The van der Waals surface area contributed by atoms with E-state index in [1.54, 1.807) is 67.6 Å². The Morgan fingerprint density at radius 1 is 1.04 bits per heavy atom. The van der Waals surface area contributed by atoms with Gasteiger partial charge in [-0.3, -0.25) is 0 Å². The second kappa shape index (κ2) is 8.92. The molecule has 0 bridgehead atoms. The number of hydrogen-bond acceptors (Lipinski definition) is 6. The first kappa shape index (κ1) is 23.0. The van der Waals surface area contributed by atoms with Crippen molar-refractivity contribution in [3.05, 3.63) is 0 Å². The molecule has 0 radical (unpaired) electrons. The van der Waals surface area contributed by atoms with Gasteiger partial charge in [0.2, 0.25) is 0 Å². The van der Waals surface area contributed by atoms with Gasteiger partial charge in [-0.2, -0.15) is 5.10 Å². The van der Waals surface area contributed by atoms with Gasteiger partial charge in [-0.1, -0.05) is 6.92 Å². The summed E-state index contributed by atoms with van der Waals surface area (Å²) in [4.78, 5) is 24.7. The number of hydrogen-bond donors (Lipinski definition) is 1. The molecule has 0 saturated carbocycles. The maximum absolute atomic E-state index is 12.6. The summed E-state index contributed by atoms with van der Waals surface area (Å²) in [6.45, 7) is 14.2. The molecule has 1 N–H and O–H groups in total. The largest absolute Gasteiger partial charge is 0.443 e. The van der Waals surface area contributed by atoms with E-state index in [1.807, 2.05) is 6.92 Å². The molecule has 0 aromatic carbocycles. The van der Waals surface area contributed by atoms with Gasteiger partial charge >= 0.3 is 12.2 Å². The molecular weight excluding hydrogens is 324 g/mol. The summed E-state index contributed by atoms with van der Waals surface area (Å²) < 4.78 is 10.6. The Kier molecular flexibility index (Phi) is 8.21. The highest BCUT2D eigenvalue weighted by Crippen LogP contribution is 2.14. The summed E-state index contributed by atoms with van der Waals surface area (Å²) in [5.74, 6) is 0. The Labute approximate surface area is 151 Å². The zero-order valence-corrected chi connectivity index (χ0v) is 17.3. The third-order valence-electron chi connectivity index (χ3n) is 2.76. The molecule has 1 atom stereocenters. The molecule has 8 heteroatoms. The molecule has 0 fully saturated rings. The molecule has 0 aliphatic carbocycles. The number of carbonyl (C=O) groups excluding carboxylic acids is 2. The normalized spacial score (nSPS) is 13.8. The number of amides is 2. The first-order valence-corrected chi connectivity index (χ1v) is 8.42. The van der Waals surface area contributed by atoms with E-state index < -0.39 is 29.4 Å². The van der Waals surface area contributed by atoms with Crippen molar-refractivity contribution in [2.24, 2.45) is 5.10 Å². The molecule has 0 heterocycles. The van der Waals surface area contributed by atoms with Crippen LogP contribution in [-0.2, 0) is 9.47 Å². The van der Waals surface area contributed by atoms with Crippen molar-refractivity contribution in [1.29, 1.82) is 0 Å². The quantitative estimate of drug-likeness (QED) is 0.615. The molecule has 0 rings (SSSR count). The fraction of sp³-hybridized carbons (Fsp3) is 0.824. The second-order valence-electron chi connectivity index (χ2n) is 7.93. The van der Waals surface area contributed by atoms with Crippen LogP contribution < -0.4 is 5.43 Å². The first-order valence-electron chi connectivity index (χ1n) is 8.42. The van der Waals surface area contributed by atoms with Crippen LogP contribution in [0.2, 0.25) is 0 Å². The SMILES string of the molecule is CC/C(=N\N(C)C)C(C)N(NC(=O)OC(C)(C)C)C(=O)OC(C)(C)C. The van der Waals surface area contributed by atoms with E-state index in [2.05, 4.69) is 10.5 Å². The Balaban J connectivity index is 5.51. The van der Waals surface area contributed by atoms with E-state index in [-0.39, 0.29) is 0 Å². The maximum atomic E-state index is 12.6. The van der Waals surface area contributed by atoms with Gasteiger partial charge in [-0.05, 0) is 54.9 Å². The van der Waals surface area contributed by atoms with Crippen molar-refractivity contribution in [1.82, 2.24) is 15.4 Å². The average Bonchev–Trinajstić information content (AvgIpc) is 2.37. The topological polar surface area (TPSA) is 83.5 Å². The fourth-order valence-corrected chi connectivity index (χ4v) is 1.87. The van der Waals surface area contributed by atoms with Crippen molar-refractivity contribution in [3.63, 3.8) is 0 Å². The number of hydrazine groups is 1. The predicted octanol–water partition coefficient (Wildman–Crippen LogP) is 3.38. The summed E-state index contributed by atoms with van der Waals surface area (Å²) in [7, 11) is 3.59. The molecule has 0 aromatic heterocycles. The second-order valence-corrected chi connectivity index (χ2v) is 7.93. The summed E-state index contributed by atoms with van der Waals surface area (Å²) >= 11 is 0. The molecule has 1 unspecified atom stereocenters. The third kappa shape index (κ3) is 9.79. The molecule has 2 amide bonds. The highest BCUT2D eigenvalue weighted by Gasteiger charge is 2.31. The smallest absolute Gasteiger partial charge is 0.429 e. The van der Waals surface area contributed by atoms with Gasteiger partial charge in [0.1, 0.15) is 11.2 Å². The monoisotopic (exact) mass is 358 g/mol. The summed E-state index contributed by atoms with van der Waals surface area (Å²) in [5.41, 5.74) is 1.82. The lowest BCUT2D eigenvalue weighted by atomic mass is 10.1. The van der Waals surface area contributed by atoms with Gasteiger partial charge in [-0.15, -0.1) is 0 Å². The van der Waals surface area contributed by atoms with E-state index in [4.69, 9.17) is 9.47 Å². The van der Waals surface area contributed by atoms with Crippen LogP contribution in [0.3, 0.4) is 0 Å². The van der Waals surface area contributed by atoms with Crippen molar-refractivity contribution < 1.29 is 19.1 Å². The van der Waals surface area contributed by atoms with Crippen LogP contribution in [0.15, 0.2) is 5.10 Å². The molecule has 25 heavy (non-hydrogen) atoms. The molecule has 146 valence electrons. The minimum absolute atomic E-state index is 0.505. The lowest BCUT2D eigenvalue weighted by Crippen LogP contribution is -2.55. The van der Waals surface area contributed by atoms with Gasteiger partial charge in [-0.25, -0.2) is 20.0 Å². The number of hydrazone groups is 1. The minimum Gasteiger partial charge on any atom is -0.443 e. The fourth-order valence-electron chi connectivity index (χ4n) is 1.87. The van der Waals surface area contributed by atoms with Crippen molar-refractivity contribution >= 4 is 17.9 Å². The number of nitrogens with zero attached hydrogens (tertiary/aromatic N) is 3. The van der Waals surface area contributed by atoms with E-state index in [0.717, 1.165) is 5.01 Å². The van der Waals surface area contributed by atoms with Crippen LogP contribution in [0.4, 0.5) is 9.59 Å². The number of rotatable bonds is 4. The van der Waals surface area contributed by atoms with Gasteiger partial charge < -0.3 is 14.5 Å². The molecule has 0 saturated heterocycles. The Morgan fingerprint density at radius 2 is 1.52 bits per heavy atom. The van der Waals surface area contributed by atoms with Crippen LogP contribution in [0.5, 0.6) is 0 Å². The van der Waals surface area contributed by atoms with Crippen LogP contribution in [-0.4, -0.2) is 59.3 Å². The summed E-state index contributed by atoms with van der Waals surface area (Å²) in [6.07, 6.45) is -0.800. The van der Waals surface area contributed by atoms with Crippen molar-refractivity contribution in [3.8, 4) is 0 Å². The highest BCUT2D eigenvalue weighted by atomic mass is 16.6. The molecule has 8 nitrogen and oxygen atoms in total. The van der Waals surface area contributed by atoms with Crippen LogP contribution >= 0.6 is 0 Å².